The van der Waals surface area contributed by atoms with Gasteiger partial charge in [0.1, 0.15) is 5.75 Å². The third kappa shape index (κ3) is 2.67. The second-order valence-electron chi connectivity index (χ2n) is 6.38. The number of hydrogen-bond acceptors (Lipinski definition) is 3. The van der Waals surface area contributed by atoms with Crippen LogP contribution in [0.15, 0.2) is 53.6 Å². The minimum atomic E-state index is 0.00448. The van der Waals surface area contributed by atoms with E-state index < -0.39 is 0 Å². The Morgan fingerprint density at radius 1 is 1.17 bits per heavy atom. The van der Waals surface area contributed by atoms with Crippen molar-refractivity contribution in [3.05, 3.63) is 64.7 Å². The van der Waals surface area contributed by atoms with Crippen LogP contribution in [0.2, 0.25) is 5.02 Å². The molecule has 0 amide bonds. The molecule has 0 saturated heterocycles. The van der Waals surface area contributed by atoms with Crippen molar-refractivity contribution in [2.75, 3.05) is 0 Å². The number of hydrogen-bond donors (Lipinski definition) is 0. The van der Waals surface area contributed by atoms with Crippen molar-refractivity contribution in [2.45, 2.75) is 44.9 Å². The first-order chi connectivity index (χ1) is 11.8. The molecular weight excluding hydrogens is 320 g/mol. The van der Waals surface area contributed by atoms with E-state index in [1.54, 1.807) is 0 Å². The van der Waals surface area contributed by atoms with Gasteiger partial charge in [-0.05, 0) is 18.6 Å². The molecule has 4 rings (SSSR count). The van der Waals surface area contributed by atoms with Crippen LogP contribution in [0.3, 0.4) is 0 Å². The lowest BCUT2D eigenvalue weighted by Crippen LogP contribution is -2.40. The van der Waals surface area contributed by atoms with Gasteiger partial charge in [-0.1, -0.05) is 61.3 Å². The number of benzene rings is 2. The van der Waals surface area contributed by atoms with E-state index in [2.05, 4.69) is 30.1 Å². The third-order valence-corrected chi connectivity index (χ3v) is 5.10. The molecule has 0 unspecified atom stereocenters. The molecule has 3 nitrogen and oxygen atoms in total. The molecule has 2 heterocycles. The Bertz CT molecular complexity index is 774. The van der Waals surface area contributed by atoms with Gasteiger partial charge in [0.05, 0.1) is 11.8 Å². The van der Waals surface area contributed by atoms with Gasteiger partial charge in [0.2, 0.25) is 0 Å². The summed E-state index contributed by atoms with van der Waals surface area (Å²) in [6.07, 6.45) is 4.14. The standard InChI is InChI=1S/C20H21ClN2O/c1-2-3-12-20-23-18(15-9-5-7-11-19(15)24-20)13-17(22-23)14-8-4-6-10-16(14)21/h4-11,18,20H,2-3,12-13H2,1H3/t18-,20-/m0/s1. The summed E-state index contributed by atoms with van der Waals surface area (Å²) in [5, 5.41) is 7.82. The topological polar surface area (TPSA) is 24.8 Å². The number of hydrazone groups is 1. The Labute approximate surface area is 147 Å². The Morgan fingerprint density at radius 2 is 1.96 bits per heavy atom. The first-order valence-corrected chi connectivity index (χ1v) is 9.02. The van der Waals surface area contributed by atoms with E-state index >= 15 is 0 Å². The lowest BCUT2D eigenvalue weighted by molar-refractivity contribution is -0.0231. The Balaban J connectivity index is 1.71. The average Bonchev–Trinajstić information content (AvgIpc) is 3.05. The summed E-state index contributed by atoms with van der Waals surface area (Å²) < 4.78 is 6.25. The van der Waals surface area contributed by atoms with E-state index in [1.165, 1.54) is 5.56 Å². The van der Waals surface area contributed by atoms with Crippen LogP contribution < -0.4 is 4.74 Å². The molecular formula is C20H21ClN2O. The normalized spacial score (nSPS) is 21.8. The molecule has 2 aliphatic rings. The molecule has 0 N–H and O–H groups in total. The summed E-state index contributed by atoms with van der Waals surface area (Å²) >= 11 is 6.39. The molecule has 4 heteroatoms. The van der Waals surface area contributed by atoms with Crippen LogP contribution in [0.25, 0.3) is 0 Å². The lowest BCUT2D eigenvalue weighted by Gasteiger charge is -2.38. The van der Waals surface area contributed by atoms with Crippen LogP contribution in [-0.4, -0.2) is 16.9 Å². The van der Waals surface area contributed by atoms with Gasteiger partial charge in [-0.15, -0.1) is 0 Å². The maximum atomic E-state index is 6.39. The molecule has 0 radical (unpaired) electrons. The predicted octanol–water partition coefficient (Wildman–Crippen LogP) is 5.40. The summed E-state index contributed by atoms with van der Waals surface area (Å²) in [5.74, 6) is 0.996. The maximum absolute atomic E-state index is 6.39. The highest BCUT2D eigenvalue weighted by atomic mass is 35.5. The van der Waals surface area contributed by atoms with Crippen molar-refractivity contribution in [3.8, 4) is 5.75 Å². The quantitative estimate of drug-likeness (QED) is 0.744. The molecule has 0 saturated carbocycles. The average molecular weight is 341 g/mol. The van der Waals surface area contributed by atoms with Crippen molar-refractivity contribution in [2.24, 2.45) is 5.10 Å². The monoisotopic (exact) mass is 340 g/mol. The van der Waals surface area contributed by atoms with Crippen molar-refractivity contribution in [3.63, 3.8) is 0 Å². The van der Waals surface area contributed by atoms with Crippen LogP contribution in [0.1, 0.15) is 49.8 Å². The zero-order chi connectivity index (χ0) is 16.5. The SMILES string of the molecule is CCCC[C@@H]1Oc2ccccc2[C@@H]2CC(c3ccccc3Cl)=NN12. The molecule has 24 heavy (non-hydrogen) atoms. The van der Waals surface area contributed by atoms with Gasteiger partial charge in [0.25, 0.3) is 0 Å². The second kappa shape index (κ2) is 6.48. The first kappa shape index (κ1) is 15.5. The van der Waals surface area contributed by atoms with Crippen LogP contribution in [0.5, 0.6) is 5.75 Å². The molecule has 0 aliphatic carbocycles. The number of rotatable bonds is 4. The largest absolute Gasteiger partial charge is 0.469 e. The number of nitrogens with zero attached hydrogens (tertiary/aromatic N) is 2. The van der Waals surface area contributed by atoms with E-state index in [1.807, 2.05) is 30.3 Å². The zero-order valence-corrected chi connectivity index (χ0v) is 14.5. The minimum absolute atomic E-state index is 0.00448. The maximum Gasteiger partial charge on any atom is 0.187 e. The summed E-state index contributed by atoms with van der Waals surface area (Å²) in [6, 6.07) is 16.5. The molecule has 2 aromatic carbocycles. The van der Waals surface area contributed by atoms with Gasteiger partial charge in [-0.2, -0.15) is 5.10 Å². The smallest absolute Gasteiger partial charge is 0.187 e. The van der Waals surface area contributed by atoms with Crippen LogP contribution >= 0.6 is 11.6 Å². The highest BCUT2D eigenvalue weighted by Crippen LogP contribution is 2.44. The van der Waals surface area contributed by atoms with Crippen molar-refractivity contribution in [1.29, 1.82) is 0 Å². The molecule has 0 spiro atoms. The van der Waals surface area contributed by atoms with E-state index in [0.717, 1.165) is 47.7 Å². The number of unbranched alkanes of at least 4 members (excludes halogenated alkanes) is 1. The molecule has 0 bridgehead atoms. The Kier molecular flexibility index (Phi) is 4.19. The highest BCUT2D eigenvalue weighted by Gasteiger charge is 2.39. The fourth-order valence-corrected chi connectivity index (χ4v) is 3.78. The van der Waals surface area contributed by atoms with Crippen LogP contribution in [0, 0.1) is 0 Å². The van der Waals surface area contributed by atoms with E-state index in [9.17, 15) is 0 Å². The number of ether oxygens (including phenoxy) is 1. The van der Waals surface area contributed by atoms with Gasteiger partial charge in [0, 0.05) is 29.0 Å². The van der Waals surface area contributed by atoms with Gasteiger partial charge in [-0.25, -0.2) is 0 Å². The lowest BCUT2D eigenvalue weighted by atomic mass is 9.96. The van der Waals surface area contributed by atoms with E-state index in [4.69, 9.17) is 21.4 Å². The fourth-order valence-electron chi connectivity index (χ4n) is 3.54. The Hall–Kier alpha value is -2.00. The van der Waals surface area contributed by atoms with E-state index in [-0.39, 0.29) is 12.3 Å². The van der Waals surface area contributed by atoms with Gasteiger partial charge in [-0.3, -0.25) is 5.01 Å². The molecule has 2 aromatic rings. The first-order valence-electron chi connectivity index (χ1n) is 8.64. The second-order valence-corrected chi connectivity index (χ2v) is 6.79. The number of para-hydroxylation sites is 1. The number of halogens is 1. The van der Waals surface area contributed by atoms with Gasteiger partial charge < -0.3 is 4.74 Å². The predicted molar refractivity (Wildman–Crippen MR) is 97.6 cm³/mol. The van der Waals surface area contributed by atoms with E-state index in [0.29, 0.717) is 0 Å². The highest BCUT2D eigenvalue weighted by molar-refractivity contribution is 6.34. The summed E-state index contributed by atoms with van der Waals surface area (Å²) in [5.41, 5.74) is 3.30. The summed E-state index contributed by atoms with van der Waals surface area (Å²) in [4.78, 5) is 0. The van der Waals surface area contributed by atoms with Crippen LogP contribution in [0.4, 0.5) is 0 Å². The summed E-state index contributed by atoms with van der Waals surface area (Å²) in [6.45, 7) is 2.21. The van der Waals surface area contributed by atoms with Crippen LogP contribution in [-0.2, 0) is 0 Å². The van der Waals surface area contributed by atoms with Crippen molar-refractivity contribution >= 4 is 17.3 Å². The number of fused-ring (bicyclic) bond motifs is 3. The molecule has 2 aliphatic heterocycles. The zero-order valence-electron chi connectivity index (χ0n) is 13.8. The van der Waals surface area contributed by atoms with Crippen molar-refractivity contribution < 1.29 is 4.74 Å². The third-order valence-electron chi connectivity index (χ3n) is 4.77. The summed E-state index contributed by atoms with van der Waals surface area (Å²) in [7, 11) is 0. The molecule has 0 fully saturated rings. The fraction of sp³-hybridized carbons (Fsp3) is 0.350. The molecule has 2 atom stereocenters. The van der Waals surface area contributed by atoms with Gasteiger partial charge >= 0.3 is 0 Å². The molecule has 124 valence electrons. The van der Waals surface area contributed by atoms with Crippen molar-refractivity contribution in [1.82, 2.24) is 5.01 Å². The Morgan fingerprint density at radius 3 is 2.79 bits per heavy atom. The minimum Gasteiger partial charge on any atom is -0.469 e. The van der Waals surface area contributed by atoms with Gasteiger partial charge in [0.15, 0.2) is 6.23 Å². The molecule has 0 aromatic heterocycles.